The average molecular weight is 215 g/mol. The normalized spacial score (nSPS) is 17.8. The molecule has 1 aromatic heterocycles. The lowest BCUT2D eigenvalue weighted by molar-refractivity contribution is -0.0632. The maximum absolute atomic E-state index is 9.79. The second-order valence-electron chi connectivity index (χ2n) is 3.79. The highest BCUT2D eigenvalue weighted by atomic mass is 32.1. The molecule has 0 bridgehead atoms. The molecule has 0 aliphatic carbocycles. The number of hydrogen-bond acceptors (Lipinski definition) is 4. The quantitative estimate of drug-likeness (QED) is 0.800. The van der Waals surface area contributed by atoms with Crippen LogP contribution in [0.3, 0.4) is 0 Å². The topological polar surface area (TPSA) is 53.4 Å². The first-order valence-corrected chi connectivity index (χ1v) is 5.65. The Balaban J connectivity index is 2.61. The number of aromatic nitrogens is 1. The zero-order valence-electron chi connectivity index (χ0n) is 8.82. The third-order valence-corrected chi connectivity index (χ3v) is 3.33. The Bertz CT molecular complexity index is 296. The number of thiazole rings is 1. The average Bonchev–Trinajstić information content (AvgIpc) is 2.51. The molecule has 14 heavy (non-hydrogen) atoms. The van der Waals surface area contributed by atoms with E-state index < -0.39 is 11.7 Å². The van der Waals surface area contributed by atoms with Gasteiger partial charge in [-0.3, -0.25) is 0 Å². The van der Waals surface area contributed by atoms with E-state index in [0.29, 0.717) is 12.8 Å². The fourth-order valence-corrected chi connectivity index (χ4v) is 1.78. The lowest BCUT2D eigenvalue weighted by Gasteiger charge is -2.27. The molecule has 1 heterocycles. The van der Waals surface area contributed by atoms with Crippen LogP contribution in [0.1, 0.15) is 31.0 Å². The van der Waals surface area contributed by atoms with E-state index in [1.165, 1.54) is 0 Å². The fourth-order valence-electron chi connectivity index (χ4n) is 1.16. The van der Waals surface area contributed by atoms with E-state index in [0.717, 1.165) is 10.7 Å². The summed E-state index contributed by atoms with van der Waals surface area (Å²) in [6.45, 7) is 5.44. The van der Waals surface area contributed by atoms with Crippen LogP contribution in [0.25, 0.3) is 0 Å². The highest BCUT2D eigenvalue weighted by Crippen LogP contribution is 2.19. The third-order valence-electron chi connectivity index (χ3n) is 2.50. The van der Waals surface area contributed by atoms with E-state index in [4.69, 9.17) is 0 Å². The summed E-state index contributed by atoms with van der Waals surface area (Å²) in [5.74, 6) is 0. The maximum Gasteiger partial charge on any atom is 0.0897 e. The summed E-state index contributed by atoms with van der Waals surface area (Å²) in [5.41, 5.74) is -0.161. The molecule has 1 rings (SSSR count). The maximum atomic E-state index is 9.79. The Labute approximate surface area is 88.4 Å². The molecule has 0 aromatic carbocycles. The van der Waals surface area contributed by atoms with Crippen LogP contribution >= 0.6 is 11.3 Å². The standard InChI is InChI=1S/C10H17NO2S/c1-4-10(3,13)9(12)5-8-6-14-7(2)11-8/h6,9,12-13H,4-5H2,1-3H3. The summed E-state index contributed by atoms with van der Waals surface area (Å²) in [6.07, 6.45) is 0.219. The molecule has 80 valence electrons. The first-order valence-electron chi connectivity index (χ1n) is 4.77. The molecule has 2 atom stereocenters. The van der Waals surface area contributed by atoms with Gasteiger partial charge in [-0.15, -0.1) is 11.3 Å². The summed E-state index contributed by atoms with van der Waals surface area (Å²) < 4.78 is 0. The van der Waals surface area contributed by atoms with E-state index >= 15 is 0 Å². The summed E-state index contributed by atoms with van der Waals surface area (Å²) in [6, 6.07) is 0. The molecule has 0 amide bonds. The van der Waals surface area contributed by atoms with Crippen molar-refractivity contribution in [3.8, 4) is 0 Å². The van der Waals surface area contributed by atoms with Crippen molar-refractivity contribution < 1.29 is 10.2 Å². The third kappa shape index (κ3) is 2.77. The van der Waals surface area contributed by atoms with Gasteiger partial charge in [0.2, 0.25) is 0 Å². The van der Waals surface area contributed by atoms with Gasteiger partial charge in [0, 0.05) is 11.8 Å². The number of aryl methyl sites for hydroxylation is 1. The summed E-state index contributed by atoms with van der Waals surface area (Å²) in [4.78, 5) is 4.25. The van der Waals surface area contributed by atoms with E-state index in [2.05, 4.69) is 4.98 Å². The molecule has 2 unspecified atom stereocenters. The van der Waals surface area contributed by atoms with Crippen molar-refractivity contribution in [1.82, 2.24) is 4.98 Å². The van der Waals surface area contributed by atoms with E-state index in [-0.39, 0.29) is 0 Å². The Kier molecular flexibility index (Phi) is 3.64. The molecular weight excluding hydrogens is 198 g/mol. The lowest BCUT2D eigenvalue weighted by Crippen LogP contribution is -2.40. The minimum absolute atomic E-state index is 0.422. The van der Waals surface area contributed by atoms with Gasteiger partial charge < -0.3 is 10.2 Å². The number of aliphatic hydroxyl groups excluding tert-OH is 1. The molecule has 0 fully saturated rings. The fraction of sp³-hybridized carbons (Fsp3) is 0.700. The van der Waals surface area contributed by atoms with Gasteiger partial charge in [0.05, 0.1) is 22.4 Å². The highest BCUT2D eigenvalue weighted by molar-refractivity contribution is 7.09. The van der Waals surface area contributed by atoms with Gasteiger partial charge in [0.1, 0.15) is 0 Å². The molecule has 0 radical (unpaired) electrons. The van der Waals surface area contributed by atoms with Crippen molar-refractivity contribution in [3.63, 3.8) is 0 Å². The van der Waals surface area contributed by atoms with Crippen LogP contribution in [0.2, 0.25) is 0 Å². The first-order chi connectivity index (χ1) is 6.45. The highest BCUT2D eigenvalue weighted by Gasteiger charge is 2.28. The zero-order chi connectivity index (χ0) is 10.8. The van der Waals surface area contributed by atoms with E-state index in [1.54, 1.807) is 18.3 Å². The molecule has 0 saturated heterocycles. The molecule has 0 aliphatic rings. The minimum atomic E-state index is -1.02. The smallest absolute Gasteiger partial charge is 0.0897 e. The Morgan fingerprint density at radius 2 is 2.29 bits per heavy atom. The molecule has 0 aliphatic heterocycles. The molecule has 4 heteroatoms. The summed E-state index contributed by atoms with van der Waals surface area (Å²) >= 11 is 1.56. The van der Waals surface area contributed by atoms with Gasteiger partial charge in [-0.2, -0.15) is 0 Å². The van der Waals surface area contributed by atoms with Gasteiger partial charge in [-0.25, -0.2) is 4.98 Å². The van der Waals surface area contributed by atoms with Gasteiger partial charge in [-0.1, -0.05) is 6.92 Å². The second-order valence-corrected chi connectivity index (χ2v) is 4.85. The van der Waals surface area contributed by atoms with Crippen molar-refractivity contribution in [2.75, 3.05) is 0 Å². The van der Waals surface area contributed by atoms with Gasteiger partial charge in [0.15, 0.2) is 0 Å². The van der Waals surface area contributed by atoms with Crippen LogP contribution in [-0.2, 0) is 6.42 Å². The van der Waals surface area contributed by atoms with Crippen molar-refractivity contribution in [2.24, 2.45) is 0 Å². The molecule has 3 nitrogen and oxygen atoms in total. The van der Waals surface area contributed by atoms with Crippen LogP contribution < -0.4 is 0 Å². The number of aliphatic hydroxyl groups is 2. The van der Waals surface area contributed by atoms with Crippen molar-refractivity contribution in [2.45, 2.75) is 45.3 Å². The van der Waals surface area contributed by atoms with Crippen LogP contribution in [0.4, 0.5) is 0 Å². The van der Waals surface area contributed by atoms with Crippen LogP contribution in [0.15, 0.2) is 5.38 Å². The van der Waals surface area contributed by atoms with Crippen LogP contribution in [0.5, 0.6) is 0 Å². The predicted octanol–water partition coefficient (Wildman–Crippen LogP) is 1.52. The lowest BCUT2D eigenvalue weighted by atomic mass is 9.93. The summed E-state index contributed by atoms with van der Waals surface area (Å²) in [5, 5.41) is 22.4. The molecule has 0 saturated carbocycles. The van der Waals surface area contributed by atoms with Crippen molar-refractivity contribution in [1.29, 1.82) is 0 Å². The largest absolute Gasteiger partial charge is 0.390 e. The molecule has 1 aromatic rings. The van der Waals surface area contributed by atoms with E-state index in [9.17, 15) is 10.2 Å². The Hall–Kier alpha value is -0.450. The molecular formula is C10H17NO2S. The molecule has 0 spiro atoms. The Morgan fingerprint density at radius 1 is 1.64 bits per heavy atom. The number of rotatable bonds is 4. The van der Waals surface area contributed by atoms with Crippen molar-refractivity contribution in [3.05, 3.63) is 16.1 Å². The van der Waals surface area contributed by atoms with Crippen LogP contribution in [0, 0.1) is 6.92 Å². The summed E-state index contributed by atoms with van der Waals surface area (Å²) in [7, 11) is 0. The van der Waals surface area contributed by atoms with E-state index in [1.807, 2.05) is 19.2 Å². The molecule has 2 N–H and O–H groups in total. The monoisotopic (exact) mass is 215 g/mol. The number of nitrogens with zero attached hydrogens (tertiary/aromatic N) is 1. The van der Waals surface area contributed by atoms with Crippen molar-refractivity contribution >= 4 is 11.3 Å². The van der Waals surface area contributed by atoms with Gasteiger partial charge in [-0.05, 0) is 20.3 Å². The van der Waals surface area contributed by atoms with Gasteiger partial charge >= 0.3 is 0 Å². The first kappa shape index (κ1) is 11.6. The van der Waals surface area contributed by atoms with Crippen LogP contribution in [-0.4, -0.2) is 26.9 Å². The Morgan fingerprint density at radius 3 is 2.71 bits per heavy atom. The van der Waals surface area contributed by atoms with Gasteiger partial charge in [0.25, 0.3) is 0 Å². The number of hydrogen-bond donors (Lipinski definition) is 2. The minimum Gasteiger partial charge on any atom is -0.390 e. The zero-order valence-corrected chi connectivity index (χ0v) is 9.64. The predicted molar refractivity (Wildman–Crippen MR) is 57.5 cm³/mol. The SMILES string of the molecule is CCC(C)(O)C(O)Cc1csc(C)n1. The second kappa shape index (κ2) is 4.38.